The minimum absolute atomic E-state index is 0.0964. The highest BCUT2D eigenvalue weighted by Gasteiger charge is 2.30. The molecule has 8 heteroatoms. The van der Waals surface area contributed by atoms with Gasteiger partial charge in [0, 0.05) is 25.8 Å². The Balaban J connectivity index is 2.00. The number of ether oxygens (including phenoxy) is 1. The van der Waals surface area contributed by atoms with E-state index in [-0.39, 0.29) is 17.6 Å². The van der Waals surface area contributed by atoms with Crippen LogP contribution in [0, 0.1) is 0 Å². The second-order valence-corrected chi connectivity index (χ2v) is 4.66. The van der Waals surface area contributed by atoms with Crippen molar-refractivity contribution in [3.8, 4) is 0 Å². The molecular formula is C12H19N5O3. The number of hydrogen-bond acceptors (Lipinski definition) is 5. The zero-order valence-corrected chi connectivity index (χ0v) is 11.6. The second kappa shape index (κ2) is 5.81. The van der Waals surface area contributed by atoms with Crippen molar-refractivity contribution >= 4 is 17.7 Å². The van der Waals surface area contributed by atoms with Gasteiger partial charge in [-0.3, -0.25) is 9.48 Å². The van der Waals surface area contributed by atoms with Crippen LogP contribution in [0.25, 0.3) is 0 Å². The van der Waals surface area contributed by atoms with Crippen LogP contribution >= 0.6 is 0 Å². The number of hydrogen-bond donors (Lipinski definition) is 2. The molecule has 2 rings (SSSR count). The molecule has 2 heterocycles. The fourth-order valence-corrected chi connectivity index (χ4v) is 2.20. The number of rotatable bonds is 3. The van der Waals surface area contributed by atoms with Crippen molar-refractivity contribution in [1.82, 2.24) is 20.0 Å². The Bertz CT molecular complexity index is 513. The molecule has 2 amide bonds. The highest BCUT2D eigenvalue weighted by atomic mass is 16.5. The number of anilines is 1. The first-order valence-corrected chi connectivity index (χ1v) is 6.51. The van der Waals surface area contributed by atoms with Crippen LogP contribution in [0.2, 0.25) is 0 Å². The van der Waals surface area contributed by atoms with Gasteiger partial charge >= 0.3 is 6.09 Å². The molecule has 1 saturated heterocycles. The van der Waals surface area contributed by atoms with E-state index >= 15 is 0 Å². The van der Waals surface area contributed by atoms with E-state index in [1.165, 1.54) is 7.11 Å². The fraction of sp³-hybridized carbons (Fsp3) is 0.583. The number of nitrogens with one attached hydrogen (secondary N) is 1. The molecule has 1 aliphatic rings. The van der Waals surface area contributed by atoms with Crippen molar-refractivity contribution in [3.63, 3.8) is 0 Å². The maximum absolute atomic E-state index is 12.3. The summed E-state index contributed by atoms with van der Waals surface area (Å²) in [5.74, 6) is -0.205. The van der Waals surface area contributed by atoms with E-state index in [4.69, 9.17) is 5.73 Å². The maximum Gasteiger partial charge on any atom is 0.407 e. The summed E-state index contributed by atoms with van der Waals surface area (Å²) < 4.78 is 6.17. The van der Waals surface area contributed by atoms with E-state index in [2.05, 4.69) is 15.2 Å². The van der Waals surface area contributed by atoms with Gasteiger partial charge in [-0.1, -0.05) is 0 Å². The predicted molar refractivity (Wildman–Crippen MR) is 72.2 cm³/mol. The van der Waals surface area contributed by atoms with E-state index in [1.807, 2.05) is 6.92 Å². The molecule has 1 aliphatic heterocycles. The van der Waals surface area contributed by atoms with Crippen LogP contribution in [0.4, 0.5) is 10.5 Å². The summed E-state index contributed by atoms with van der Waals surface area (Å²) in [5.41, 5.74) is 6.45. The van der Waals surface area contributed by atoms with Gasteiger partial charge < -0.3 is 20.7 Å². The molecular weight excluding hydrogens is 262 g/mol. The topological polar surface area (TPSA) is 102 Å². The van der Waals surface area contributed by atoms with Gasteiger partial charge in [0.15, 0.2) is 5.69 Å². The molecule has 8 nitrogen and oxygen atoms in total. The minimum Gasteiger partial charge on any atom is -0.453 e. The molecule has 0 spiro atoms. The Kier molecular flexibility index (Phi) is 4.11. The standard InChI is InChI=1S/C12H19N5O3/c1-3-17-7-9(13)10(15-17)11(18)16-5-4-8(6-16)14-12(19)20-2/h7-8H,3-6,13H2,1-2H3,(H,14,19). The lowest BCUT2D eigenvalue weighted by atomic mass is 10.3. The molecule has 20 heavy (non-hydrogen) atoms. The number of nitrogen functional groups attached to an aromatic ring is 1. The van der Waals surface area contributed by atoms with Crippen LogP contribution in [-0.2, 0) is 11.3 Å². The van der Waals surface area contributed by atoms with Gasteiger partial charge in [0.1, 0.15) is 0 Å². The third-order valence-electron chi connectivity index (χ3n) is 3.30. The number of alkyl carbamates (subject to hydrolysis) is 1. The molecule has 1 fully saturated rings. The van der Waals surface area contributed by atoms with E-state index in [0.29, 0.717) is 31.7 Å². The average Bonchev–Trinajstić information content (AvgIpc) is 3.04. The van der Waals surface area contributed by atoms with Gasteiger partial charge in [-0.25, -0.2) is 4.79 Å². The largest absolute Gasteiger partial charge is 0.453 e. The first-order chi connectivity index (χ1) is 9.55. The monoisotopic (exact) mass is 281 g/mol. The average molecular weight is 281 g/mol. The first kappa shape index (κ1) is 14.2. The lowest BCUT2D eigenvalue weighted by molar-refractivity contribution is 0.0782. The number of likely N-dealkylation sites (tertiary alicyclic amines) is 1. The Morgan fingerprint density at radius 3 is 2.95 bits per heavy atom. The van der Waals surface area contributed by atoms with Crippen LogP contribution in [0.5, 0.6) is 0 Å². The van der Waals surface area contributed by atoms with Gasteiger partial charge in [0.2, 0.25) is 0 Å². The molecule has 3 N–H and O–H groups in total. The molecule has 1 aromatic heterocycles. The maximum atomic E-state index is 12.3. The Labute approximate surface area is 116 Å². The number of carbonyl (C=O) groups excluding carboxylic acids is 2. The number of nitrogens with two attached hydrogens (primary N) is 1. The van der Waals surface area contributed by atoms with Gasteiger partial charge in [-0.15, -0.1) is 0 Å². The van der Waals surface area contributed by atoms with E-state index in [9.17, 15) is 9.59 Å². The zero-order valence-electron chi connectivity index (χ0n) is 11.6. The van der Waals surface area contributed by atoms with Crippen LogP contribution in [0.1, 0.15) is 23.8 Å². The Hall–Kier alpha value is -2.25. The Morgan fingerprint density at radius 1 is 1.60 bits per heavy atom. The van der Waals surface area contributed by atoms with Crippen LogP contribution in [0.15, 0.2) is 6.20 Å². The molecule has 0 saturated carbocycles. The minimum atomic E-state index is -0.487. The molecule has 1 atom stereocenters. The van der Waals surface area contributed by atoms with Gasteiger partial charge in [0.05, 0.1) is 18.8 Å². The lowest BCUT2D eigenvalue weighted by Crippen LogP contribution is -2.38. The van der Waals surface area contributed by atoms with Gasteiger partial charge in [-0.2, -0.15) is 5.10 Å². The molecule has 0 radical (unpaired) electrons. The smallest absolute Gasteiger partial charge is 0.407 e. The zero-order chi connectivity index (χ0) is 14.7. The quantitative estimate of drug-likeness (QED) is 0.815. The van der Waals surface area contributed by atoms with Crippen molar-refractivity contribution in [2.24, 2.45) is 0 Å². The van der Waals surface area contributed by atoms with Crippen molar-refractivity contribution in [1.29, 1.82) is 0 Å². The van der Waals surface area contributed by atoms with Gasteiger partial charge in [0.25, 0.3) is 5.91 Å². The first-order valence-electron chi connectivity index (χ1n) is 6.51. The van der Waals surface area contributed by atoms with E-state index in [1.54, 1.807) is 15.8 Å². The van der Waals surface area contributed by atoms with Crippen LogP contribution in [0.3, 0.4) is 0 Å². The number of aromatic nitrogens is 2. The molecule has 1 aromatic rings. The summed E-state index contributed by atoms with van der Waals surface area (Å²) >= 11 is 0. The highest BCUT2D eigenvalue weighted by molar-refractivity contribution is 5.97. The third kappa shape index (κ3) is 2.84. The molecule has 0 bridgehead atoms. The normalized spacial score (nSPS) is 18.1. The van der Waals surface area contributed by atoms with Crippen molar-refractivity contribution in [3.05, 3.63) is 11.9 Å². The predicted octanol–water partition coefficient (Wildman–Crippen LogP) is 0.0557. The number of aryl methyl sites for hydroxylation is 1. The van der Waals surface area contributed by atoms with E-state index in [0.717, 1.165) is 0 Å². The third-order valence-corrected chi connectivity index (χ3v) is 3.30. The summed E-state index contributed by atoms with van der Waals surface area (Å²) in [4.78, 5) is 25.1. The summed E-state index contributed by atoms with van der Waals surface area (Å²) in [6, 6.07) is -0.0964. The molecule has 0 aromatic carbocycles. The fourth-order valence-electron chi connectivity index (χ4n) is 2.20. The number of methoxy groups -OCH3 is 1. The number of amides is 2. The summed E-state index contributed by atoms with van der Waals surface area (Å²) in [6.07, 6.45) is 1.85. The SMILES string of the molecule is CCn1cc(N)c(C(=O)N2CCC(NC(=O)OC)C2)n1. The second-order valence-electron chi connectivity index (χ2n) is 4.66. The van der Waals surface area contributed by atoms with Crippen LogP contribution < -0.4 is 11.1 Å². The summed E-state index contributed by atoms with van der Waals surface area (Å²) in [6.45, 7) is 3.58. The van der Waals surface area contributed by atoms with E-state index < -0.39 is 6.09 Å². The summed E-state index contributed by atoms with van der Waals surface area (Å²) in [7, 11) is 1.31. The van der Waals surface area contributed by atoms with Crippen molar-refractivity contribution in [2.45, 2.75) is 25.9 Å². The molecule has 0 aliphatic carbocycles. The lowest BCUT2D eigenvalue weighted by Gasteiger charge is -2.15. The Morgan fingerprint density at radius 2 is 2.35 bits per heavy atom. The van der Waals surface area contributed by atoms with Crippen molar-refractivity contribution in [2.75, 3.05) is 25.9 Å². The number of nitrogens with zero attached hydrogens (tertiary/aromatic N) is 3. The van der Waals surface area contributed by atoms with Gasteiger partial charge in [-0.05, 0) is 13.3 Å². The summed E-state index contributed by atoms with van der Waals surface area (Å²) in [5, 5.41) is 6.85. The van der Waals surface area contributed by atoms with Crippen LogP contribution in [-0.4, -0.2) is 52.9 Å². The number of carbonyl (C=O) groups is 2. The van der Waals surface area contributed by atoms with Crippen molar-refractivity contribution < 1.29 is 14.3 Å². The highest BCUT2D eigenvalue weighted by Crippen LogP contribution is 2.17. The molecule has 1 unspecified atom stereocenters. The molecule has 110 valence electrons.